The number of halogens is 3. The number of carbonyl (C=O) groups is 1. The van der Waals surface area contributed by atoms with Crippen LogP contribution in [0, 0.1) is 0 Å². The molecule has 2 aromatic carbocycles. The van der Waals surface area contributed by atoms with E-state index in [4.69, 9.17) is 0 Å². The molecule has 1 N–H and O–H groups in total. The molecule has 0 bridgehead atoms. The van der Waals surface area contributed by atoms with E-state index < -0.39 is 18.0 Å². The van der Waals surface area contributed by atoms with Crippen molar-refractivity contribution in [3.05, 3.63) is 54.1 Å². The Morgan fingerprint density at radius 3 is 2.29 bits per heavy atom. The standard InChI is InChI=1S/C14H10F3NO2S/c15-14(16,17)20-12-4-2-1-3-11(12)18-13(19)9-5-7-10(21)8-6-9/h1-8,21H,(H,18,19). The summed E-state index contributed by atoms with van der Waals surface area (Å²) in [5.74, 6) is -1.01. The average molecular weight is 313 g/mol. The van der Waals surface area contributed by atoms with Gasteiger partial charge in [0.15, 0.2) is 5.75 Å². The first-order chi connectivity index (χ1) is 9.85. The van der Waals surface area contributed by atoms with E-state index in [0.29, 0.717) is 10.5 Å². The third-order valence-electron chi connectivity index (χ3n) is 2.49. The zero-order chi connectivity index (χ0) is 15.5. The van der Waals surface area contributed by atoms with Gasteiger partial charge in [0, 0.05) is 10.5 Å². The molecule has 2 aromatic rings. The Morgan fingerprint density at radius 1 is 1.05 bits per heavy atom. The second-order valence-corrected chi connectivity index (χ2v) is 4.56. The van der Waals surface area contributed by atoms with Crippen molar-refractivity contribution < 1.29 is 22.7 Å². The van der Waals surface area contributed by atoms with E-state index in [1.807, 2.05) is 0 Å². The number of carbonyl (C=O) groups excluding carboxylic acids is 1. The first-order valence-electron chi connectivity index (χ1n) is 5.80. The van der Waals surface area contributed by atoms with Crippen LogP contribution >= 0.6 is 12.6 Å². The first kappa shape index (κ1) is 15.2. The second kappa shape index (κ2) is 6.09. The van der Waals surface area contributed by atoms with E-state index in [0.717, 1.165) is 6.07 Å². The minimum Gasteiger partial charge on any atom is -0.404 e. The van der Waals surface area contributed by atoms with Gasteiger partial charge in [-0.05, 0) is 36.4 Å². The van der Waals surface area contributed by atoms with Crippen molar-refractivity contribution >= 4 is 24.2 Å². The van der Waals surface area contributed by atoms with Crippen molar-refractivity contribution in [2.75, 3.05) is 5.32 Å². The zero-order valence-corrected chi connectivity index (χ0v) is 11.4. The number of hydrogen-bond donors (Lipinski definition) is 2. The largest absolute Gasteiger partial charge is 0.573 e. The lowest BCUT2D eigenvalue weighted by molar-refractivity contribution is -0.274. The average Bonchev–Trinajstić information content (AvgIpc) is 2.40. The Bertz CT molecular complexity index is 641. The zero-order valence-electron chi connectivity index (χ0n) is 10.5. The number of ether oxygens (including phenoxy) is 1. The number of anilines is 1. The molecule has 0 fully saturated rings. The predicted octanol–water partition coefficient (Wildman–Crippen LogP) is 4.13. The Balaban J connectivity index is 2.19. The summed E-state index contributed by atoms with van der Waals surface area (Å²) in [6.45, 7) is 0. The number of alkyl halides is 3. The van der Waals surface area contributed by atoms with Crippen LogP contribution in [-0.4, -0.2) is 12.3 Å². The van der Waals surface area contributed by atoms with Gasteiger partial charge in [0.1, 0.15) is 0 Å². The summed E-state index contributed by atoms with van der Waals surface area (Å²) >= 11 is 4.09. The monoisotopic (exact) mass is 313 g/mol. The predicted molar refractivity (Wildman–Crippen MR) is 74.8 cm³/mol. The van der Waals surface area contributed by atoms with Crippen LogP contribution in [0.4, 0.5) is 18.9 Å². The molecule has 0 heterocycles. The molecule has 0 aliphatic carbocycles. The molecule has 0 aliphatic rings. The van der Waals surface area contributed by atoms with Crippen LogP contribution in [-0.2, 0) is 0 Å². The van der Waals surface area contributed by atoms with Gasteiger partial charge in [0.25, 0.3) is 5.91 Å². The number of benzene rings is 2. The first-order valence-corrected chi connectivity index (χ1v) is 6.25. The maximum absolute atomic E-state index is 12.3. The highest BCUT2D eigenvalue weighted by molar-refractivity contribution is 7.80. The lowest BCUT2D eigenvalue weighted by atomic mass is 10.2. The molecule has 0 radical (unpaired) electrons. The van der Waals surface area contributed by atoms with E-state index in [1.54, 1.807) is 12.1 Å². The summed E-state index contributed by atoms with van der Waals surface area (Å²) in [5, 5.41) is 2.38. The Hall–Kier alpha value is -2.15. The van der Waals surface area contributed by atoms with Crippen LogP contribution in [0.25, 0.3) is 0 Å². The molecule has 1 amide bonds. The van der Waals surface area contributed by atoms with Gasteiger partial charge in [-0.1, -0.05) is 12.1 Å². The highest BCUT2D eigenvalue weighted by Crippen LogP contribution is 2.30. The minimum absolute atomic E-state index is 0.0604. The normalized spacial score (nSPS) is 11.0. The van der Waals surface area contributed by atoms with Crippen molar-refractivity contribution in [1.29, 1.82) is 0 Å². The molecule has 7 heteroatoms. The van der Waals surface area contributed by atoms with Gasteiger partial charge in [-0.2, -0.15) is 0 Å². The molecule has 21 heavy (non-hydrogen) atoms. The van der Waals surface area contributed by atoms with Gasteiger partial charge in [-0.15, -0.1) is 25.8 Å². The molecule has 0 aromatic heterocycles. The molecular weight excluding hydrogens is 303 g/mol. The summed E-state index contributed by atoms with van der Waals surface area (Å²) in [6, 6.07) is 11.6. The van der Waals surface area contributed by atoms with Crippen LogP contribution in [0.15, 0.2) is 53.4 Å². The van der Waals surface area contributed by atoms with Crippen LogP contribution in [0.1, 0.15) is 10.4 Å². The number of thiol groups is 1. The van der Waals surface area contributed by atoms with Crippen LogP contribution in [0.3, 0.4) is 0 Å². The second-order valence-electron chi connectivity index (χ2n) is 4.04. The van der Waals surface area contributed by atoms with Gasteiger partial charge in [0.2, 0.25) is 0 Å². The van der Waals surface area contributed by atoms with Gasteiger partial charge < -0.3 is 10.1 Å². The lowest BCUT2D eigenvalue weighted by Crippen LogP contribution is -2.19. The Kier molecular flexibility index (Phi) is 4.42. The number of rotatable bonds is 3. The molecule has 0 unspecified atom stereocenters. The van der Waals surface area contributed by atoms with Crippen molar-refractivity contribution in [2.45, 2.75) is 11.3 Å². The van der Waals surface area contributed by atoms with Crippen molar-refractivity contribution in [3.63, 3.8) is 0 Å². The van der Waals surface area contributed by atoms with Crippen LogP contribution < -0.4 is 10.1 Å². The third-order valence-corrected chi connectivity index (χ3v) is 2.79. The molecule has 3 nitrogen and oxygen atoms in total. The Morgan fingerprint density at radius 2 is 1.67 bits per heavy atom. The van der Waals surface area contributed by atoms with E-state index in [2.05, 4.69) is 22.7 Å². The summed E-state index contributed by atoms with van der Waals surface area (Å²) in [4.78, 5) is 12.6. The molecular formula is C14H10F3NO2S. The topological polar surface area (TPSA) is 38.3 Å². The molecule has 0 saturated heterocycles. The van der Waals surface area contributed by atoms with Gasteiger partial charge in [-0.25, -0.2) is 0 Å². The molecule has 0 saturated carbocycles. The van der Waals surface area contributed by atoms with Crippen LogP contribution in [0.2, 0.25) is 0 Å². The van der Waals surface area contributed by atoms with E-state index in [9.17, 15) is 18.0 Å². The fraction of sp³-hybridized carbons (Fsp3) is 0.0714. The summed E-state index contributed by atoms with van der Waals surface area (Å²) in [7, 11) is 0. The highest BCUT2D eigenvalue weighted by Gasteiger charge is 2.32. The molecule has 110 valence electrons. The number of para-hydroxylation sites is 2. The highest BCUT2D eigenvalue weighted by atomic mass is 32.1. The SMILES string of the molecule is O=C(Nc1ccccc1OC(F)(F)F)c1ccc(S)cc1. The van der Waals surface area contributed by atoms with E-state index in [1.165, 1.54) is 30.3 Å². The maximum atomic E-state index is 12.3. The molecule has 0 aliphatic heterocycles. The lowest BCUT2D eigenvalue weighted by Gasteiger charge is -2.13. The van der Waals surface area contributed by atoms with Crippen molar-refractivity contribution in [1.82, 2.24) is 0 Å². The Labute approximate surface area is 124 Å². The summed E-state index contributed by atoms with van der Waals surface area (Å²) < 4.78 is 40.7. The smallest absolute Gasteiger partial charge is 0.404 e. The number of amides is 1. The minimum atomic E-state index is -4.82. The molecule has 2 rings (SSSR count). The van der Waals surface area contributed by atoms with Gasteiger partial charge >= 0.3 is 6.36 Å². The molecule has 0 spiro atoms. The van der Waals surface area contributed by atoms with E-state index >= 15 is 0 Å². The number of nitrogens with one attached hydrogen (secondary N) is 1. The third kappa shape index (κ3) is 4.42. The van der Waals surface area contributed by atoms with Crippen molar-refractivity contribution in [3.8, 4) is 5.75 Å². The van der Waals surface area contributed by atoms with Gasteiger partial charge in [-0.3, -0.25) is 4.79 Å². The maximum Gasteiger partial charge on any atom is 0.573 e. The fourth-order valence-electron chi connectivity index (χ4n) is 1.59. The summed E-state index contributed by atoms with van der Waals surface area (Å²) in [5.41, 5.74) is 0.240. The van der Waals surface area contributed by atoms with Crippen LogP contribution in [0.5, 0.6) is 5.75 Å². The summed E-state index contributed by atoms with van der Waals surface area (Å²) in [6.07, 6.45) is -4.82. The van der Waals surface area contributed by atoms with Crippen molar-refractivity contribution in [2.24, 2.45) is 0 Å². The van der Waals surface area contributed by atoms with Gasteiger partial charge in [0.05, 0.1) is 5.69 Å². The number of hydrogen-bond acceptors (Lipinski definition) is 3. The fourth-order valence-corrected chi connectivity index (χ4v) is 1.74. The van der Waals surface area contributed by atoms with E-state index in [-0.39, 0.29) is 5.69 Å². The quantitative estimate of drug-likeness (QED) is 0.836. The molecule has 0 atom stereocenters.